The third-order valence-corrected chi connectivity index (χ3v) is 7.57. The van der Waals surface area contributed by atoms with E-state index in [1.165, 1.54) is 24.5 Å². The van der Waals surface area contributed by atoms with Crippen LogP contribution in [-0.4, -0.2) is 52.7 Å². The first-order chi connectivity index (χ1) is 14.1. The summed E-state index contributed by atoms with van der Waals surface area (Å²) in [5, 5.41) is 4.73. The average Bonchev–Trinajstić information content (AvgIpc) is 3.35. The smallest absolute Gasteiger partial charge is 0.331 e. The largest absolute Gasteiger partial charge is 0.450 e. The summed E-state index contributed by atoms with van der Waals surface area (Å²) >= 11 is 0. The number of nitrogens with one attached hydrogen (secondary N) is 2. The number of carbonyl (C=O) groups excluding carboxylic acids is 1. The minimum Gasteiger partial charge on any atom is -0.450 e. The van der Waals surface area contributed by atoms with Crippen molar-refractivity contribution in [3.05, 3.63) is 47.4 Å². The lowest BCUT2D eigenvalue weighted by molar-refractivity contribution is -0.148. The quantitative estimate of drug-likeness (QED) is 0.782. The van der Waals surface area contributed by atoms with E-state index in [1.54, 1.807) is 18.2 Å². The molecule has 5 nitrogen and oxygen atoms in total. The van der Waals surface area contributed by atoms with Gasteiger partial charge in [-0.15, -0.1) is 0 Å². The van der Waals surface area contributed by atoms with Gasteiger partial charge in [-0.3, -0.25) is 4.90 Å². The Hall–Kier alpha value is -2.18. The maximum absolute atomic E-state index is 13.6. The summed E-state index contributed by atoms with van der Waals surface area (Å²) in [5.41, 5.74) is 2.95. The number of hydrogen-bond acceptors (Lipinski definition) is 4. The molecule has 29 heavy (non-hydrogen) atoms. The van der Waals surface area contributed by atoms with Crippen LogP contribution in [0.1, 0.15) is 37.7 Å². The fourth-order valence-corrected chi connectivity index (χ4v) is 6.35. The van der Waals surface area contributed by atoms with Gasteiger partial charge in [-0.25, -0.2) is 9.18 Å². The molecular formula is C23H26FN3O2. The molecule has 152 valence electrons. The zero-order valence-corrected chi connectivity index (χ0v) is 16.4. The molecule has 1 saturated carbocycles. The summed E-state index contributed by atoms with van der Waals surface area (Å²) in [6.07, 6.45) is 9.95. The Kier molecular flexibility index (Phi) is 3.90. The van der Waals surface area contributed by atoms with E-state index in [1.807, 2.05) is 6.20 Å². The number of ether oxygens (including phenoxy) is 1. The minimum atomic E-state index is -0.352. The third kappa shape index (κ3) is 2.62. The minimum absolute atomic E-state index is 0.160. The van der Waals surface area contributed by atoms with Crippen LogP contribution < -0.4 is 5.32 Å². The maximum Gasteiger partial charge on any atom is 0.331 e. The number of nitrogens with zero attached hydrogens (tertiary/aromatic N) is 1. The lowest BCUT2D eigenvalue weighted by atomic mass is 9.75. The molecule has 2 bridgehead atoms. The van der Waals surface area contributed by atoms with Crippen molar-refractivity contribution in [3.63, 3.8) is 0 Å². The average molecular weight is 395 g/mol. The van der Waals surface area contributed by atoms with E-state index in [9.17, 15) is 9.18 Å². The van der Waals surface area contributed by atoms with E-state index >= 15 is 0 Å². The van der Waals surface area contributed by atoms with Gasteiger partial charge in [0.25, 0.3) is 0 Å². The molecule has 4 aliphatic rings. The normalized spacial score (nSPS) is 33.5. The van der Waals surface area contributed by atoms with Crippen molar-refractivity contribution < 1.29 is 13.9 Å². The lowest BCUT2D eigenvalue weighted by Gasteiger charge is -2.38. The maximum atomic E-state index is 13.6. The Morgan fingerprint density at radius 2 is 2.28 bits per heavy atom. The predicted octanol–water partition coefficient (Wildman–Crippen LogP) is 3.06. The number of fused-ring (bicyclic) bond motifs is 4. The van der Waals surface area contributed by atoms with Gasteiger partial charge in [0.2, 0.25) is 0 Å². The van der Waals surface area contributed by atoms with Gasteiger partial charge in [0.05, 0.1) is 6.04 Å². The van der Waals surface area contributed by atoms with Crippen molar-refractivity contribution in [1.82, 2.24) is 15.2 Å². The summed E-state index contributed by atoms with van der Waals surface area (Å²) in [5.74, 6) is -0.359. The molecule has 0 amide bonds. The number of aromatic nitrogens is 1. The highest BCUT2D eigenvalue weighted by molar-refractivity contribution is 5.87. The standard InChI is InChI=1S/C23H26FN3O2/c24-16-4-5-18-17(11-16)14(13-26-18)6-7-25-19-9-15-10-22(28)29-23(15)12-20(19)27-8-2-1-3-21(23)27/h4-5,10-11,13,19-21,25-26H,1-3,6-9,12H2. The first kappa shape index (κ1) is 17.7. The molecule has 4 unspecified atom stereocenters. The topological polar surface area (TPSA) is 57.4 Å². The zero-order chi connectivity index (χ0) is 19.6. The van der Waals surface area contributed by atoms with E-state index in [-0.39, 0.29) is 17.4 Å². The van der Waals surface area contributed by atoms with Crippen LogP contribution in [-0.2, 0) is 16.0 Å². The van der Waals surface area contributed by atoms with Gasteiger partial charge in [0, 0.05) is 41.7 Å². The highest BCUT2D eigenvalue weighted by atomic mass is 19.1. The number of rotatable bonds is 4. The molecule has 1 aromatic heterocycles. The number of hydrogen-bond donors (Lipinski definition) is 2. The first-order valence-electron chi connectivity index (χ1n) is 10.8. The van der Waals surface area contributed by atoms with Gasteiger partial charge in [-0.05, 0) is 68.1 Å². The van der Waals surface area contributed by atoms with E-state index < -0.39 is 0 Å². The fraction of sp³-hybridized carbons (Fsp3) is 0.522. The molecule has 4 atom stereocenters. The second-order valence-electron chi connectivity index (χ2n) is 9.02. The molecule has 1 aliphatic carbocycles. The van der Waals surface area contributed by atoms with Crippen LogP contribution in [0.5, 0.6) is 0 Å². The van der Waals surface area contributed by atoms with Crippen molar-refractivity contribution in [2.45, 2.75) is 62.3 Å². The molecule has 3 aliphatic heterocycles. The Morgan fingerprint density at radius 3 is 3.21 bits per heavy atom. The van der Waals surface area contributed by atoms with Gasteiger partial charge in [0.15, 0.2) is 5.60 Å². The molecule has 4 heterocycles. The summed E-state index contributed by atoms with van der Waals surface area (Å²) in [6.45, 7) is 1.93. The van der Waals surface area contributed by atoms with Crippen molar-refractivity contribution in [3.8, 4) is 0 Å². The predicted molar refractivity (Wildman–Crippen MR) is 108 cm³/mol. The van der Waals surface area contributed by atoms with E-state index in [2.05, 4.69) is 15.2 Å². The summed E-state index contributed by atoms with van der Waals surface area (Å²) in [6, 6.07) is 5.99. The second kappa shape index (κ2) is 6.41. The molecule has 6 heteroatoms. The molecule has 2 N–H and O–H groups in total. The SMILES string of the molecule is O=C1C=C2CC(NCCc3c[nH]c4ccc(F)cc34)C3CC2(O1)C1CCCCN31. The first-order valence-corrected chi connectivity index (χ1v) is 10.8. The van der Waals surface area contributed by atoms with Gasteiger partial charge in [0.1, 0.15) is 5.82 Å². The van der Waals surface area contributed by atoms with E-state index in [0.29, 0.717) is 18.1 Å². The van der Waals surface area contributed by atoms with Gasteiger partial charge >= 0.3 is 5.97 Å². The lowest BCUT2D eigenvalue weighted by Crippen LogP contribution is -2.50. The fourth-order valence-electron chi connectivity index (χ4n) is 6.35. The molecule has 1 spiro atoms. The monoisotopic (exact) mass is 395 g/mol. The highest BCUT2D eigenvalue weighted by Gasteiger charge is 2.63. The second-order valence-corrected chi connectivity index (χ2v) is 9.02. The number of benzene rings is 1. The third-order valence-electron chi connectivity index (χ3n) is 7.57. The summed E-state index contributed by atoms with van der Waals surface area (Å²) < 4.78 is 19.6. The van der Waals surface area contributed by atoms with Crippen molar-refractivity contribution in [2.24, 2.45) is 0 Å². The van der Waals surface area contributed by atoms with Crippen molar-refractivity contribution in [2.75, 3.05) is 13.1 Å². The molecule has 2 saturated heterocycles. The van der Waals surface area contributed by atoms with E-state index in [0.717, 1.165) is 55.2 Å². The zero-order valence-electron chi connectivity index (χ0n) is 16.4. The van der Waals surface area contributed by atoms with Crippen molar-refractivity contribution >= 4 is 16.9 Å². The Balaban J connectivity index is 1.21. The Labute approximate surface area is 169 Å². The van der Waals surface area contributed by atoms with Crippen LogP contribution in [0, 0.1) is 5.82 Å². The number of halogens is 1. The van der Waals surface area contributed by atoms with Gasteiger partial charge < -0.3 is 15.0 Å². The number of esters is 1. The summed E-state index contributed by atoms with van der Waals surface area (Å²) in [4.78, 5) is 18.0. The molecule has 6 rings (SSSR count). The van der Waals surface area contributed by atoms with Crippen LogP contribution in [0.3, 0.4) is 0 Å². The Bertz CT molecular complexity index is 1010. The number of H-pyrrole nitrogens is 1. The Morgan fingerprint density at radius 1 is 1.34 bits per heavy atom. The van der Waals surface area contributed by atoms with Gasteiger partial charge in [-0.1, -0.05) is 6.42 Å². The van der Waals surface area contributed by atoms with Crippen LogP contribution in [0.25, 0.3) is 10.9 Å². The molecule has 0 radical (unpaired) electrons. The van der Waals surface area contributed by atoms with Crippen LogP contribution in [0.2, 0.25) is 0 Å². The highest BCUT2D eigenvalue weighted by Crippen LogP contribution is 2.53. The van der Waals surface area contributed by atoms with Crippen molar-refractivity contribution in [1.29, 1.82) is 0 Å². The number of aromatic amines is 1. The van der Waals surface area contributed by atoms with Crippen LogP contribution >= 0.6 is 0 Å². The number of piperidine rings is 1. The molecule has 3 fully saturated rings. The molecule has 1 aromatic carbocycles. The van der Waals surface area contributed by atoms with E-state index in [4.69, 9.17) is 4.74 Å². The summed E-state index contributed by atoms with van der Waals surface area (Å²) in [7, 11) is 0. The molecule has 2 aromatic rings. The van der Waals surface area contributed by atoms with Crippen LogP contribution in [0.15, 0.2) is 36.0 Å². The molecular weight excluding hydrogens is 369 g/mol. The van der Waals surface area contributed by atoms with Gasteiger partial charge in [-0.2, -0.15) is 0 Å². The number of carbonyl (C=O) groups is 1. The van der Waals surface area contributed by atoms with Crippen LogP contribution in [0.4, 0.5) is 4.39 Å².